The van der Waals surface area contributed by atoms with Crippen LogP contribution in [-0.2, 0) is 0 Å². The van der Waals surface area contributed by atoms with Gasteiger partial charge in [0.15, 0.2) is 0 Å². The maximum Gasteiger partial charge on any atom is 0.0500 e. The topological polar surface area (TPSA) is 0 Å². The van der Waals surface area contributed by atoms with Crippen molar-refractivity contribution >= 4 is 33.6 Å². The molecule has 0 unspecified atom stereocenters. The molecule has 1 aromatic heterocycles. The van der Waals surface area contributed by atoms with Gasteiger partial charge in [0.1, 0.15) is 0 Å². The smallest absolute Gasteiger partial charge is 0.0500 e. The Hall–Kier alpha value is -0.730. The van der Waals surface area contributed by atoms with Crippen LogP contribution in [0, 0.1) is 11.4 Å². The van der Waals surface area contributed by atoms with Crippen LogP contribution in [-0.4, -0.2) is 0 Å². The van der Waals surface area contributed by atoms with E-state index in [1.165, 1.54) is 15.6 Å². The highest BCUT2D eigenvalue weighted by Crippen LogP contribution is 2.22. The summed E-state index contributed by atoms with van der Waals surface area (Å²) in [6.45, 7) is 2.06. The molecule has 0 bridgehead atoms. The SMILES string of the molecule is Cc1csc2ccccc2c1=S. The summed E-state index contributed by atoms with van der Waals surface area (Å²) >= 11 is 7.05. The second kappa shape index (κ2) is 2.96. The van der Waals surface area contributed by atoms with Crippen molar-refractivity contribution in [2.24, 2.45) is 0 Å². The van der Waals surface area contributed by atoms with E-state index in [1.54, 1.807) is 11.3 Å². The third-order valence-corrected chi connectivity index (χ3v) is 3.48. The molecular weight excluding hydrogens is 184 g/mol. The minimum atomic E-state index is 0.990. The first-order valence-corrected chi connectivity index (χ1v) is 5.05. The molecule has 2 rings (SSSR count). The molecule has 1 aromatic carbocycles. The monoisotopic (exact) mass is 192 g/mol. The summed E-state index contributed by atoms with van der Waals surface area (Å²) in [5, 5.41) is 3.32. The van der Waals surface area contributed by atoms with Gasteiger partial charge in [0.05, 0.1) is 4.51 Å². The summed E-state index contributed by atoms with van der Waals surface area (Å²) in [5.41, 5.74) is 1.20. The van der Waals surface area contributed by atoms with E-state index in [9.17, 15) is 0 Å². The molecule has 0 aliphatic rings. The fourth-order valence-electron chi connectivity index (χ4n) is 1.17. The van der Waals surface area contributed by atoms with Crippen LogP contribution >= 0.6 is 23.6 Å². The van der Waals surface area contributed by atoms with E-state index < -0.39 is 0 Å². The van der Waals surface area contributed by atoms with Gasteiger partial charge >= 0.3 is 0 Å². The minimum absolute atomic E-state index is 0.990. The molecule has 0 atom stereocenters. The third kappa shape index (κ3) is 1.17. The molecule has 1 heterocycles. The van der Waals surface area contributed by atoms with Gasteiger partial charge in [-0.1, -0.05) is 30.4 Å². The molecule has 2 aromatic rings. The molecule has 0 saturated heterocycles. The summed E-state index contributed by atoms with van der Waals surface area (Å²) in [6, 6.07) is 8.27. The van der Waals surface area contributed by atoms with Crippen molar-refractivity contribution in [2.75, 3.05) is 0 Å². The summed E-state index contributed by atoms with van der Waals surface area (Å²) in [6.07, 6.45) is 0. The second-order valence-corrected chi connectivity index (χ2v) is 4.06. The van der Waals surface area contributed by atoms with Crippen molar-refractivity contribution in [2.45, 2.75) is 6.92 Å². The summed E-state index contributed by atoms with van der Waals surface area (Å²) < 4.78 is 2.26. The molecule has 60 valence electrons. The lowest BCUT2D eigenvalue weighted by molar-refractivity contribution is 1.52. The van der Waals surface area contributed by atoms with E-state index in [0.29, 0.717) is 0 Å². The number of hydrogen-bond acceptors (Lipinski definition) is 2. The van der Waals surface area contributed by atoms with Gasteiger partial charge in [-0.05, 0) is 23.9 Å². The number of rotatable bonds is 0. The average molecular weight is 192 g/mol. The molecule has 0 aliphatic carbocycles. The molecule has 0 radical (unpaired) electrons. The van der Waals surface area contributed by atoms with Crippen molar-refractivity contribution in [1.29, 1.82) is 0 Å². The Kier molecular flexibility index (Phi) is 1.95. The van der Waals surface area contributed by atoms with Crippen LogP contribution in [0.15, 0.2) is 29.6 Å². The zero-order chi connectivity index (χ0) is 8.55. The largest absolute Gasteiger partial charge is 0.143 e. The average Bonchev–Trinajstić information content (AvgIpc) is 2.12. The van der Waals surface area contributed by atoms with E-state index in [0.717, 1.165) is 4.51 Å². The lowest BCUT2D eigenvalue weighted by Gasteiger charge is -1.97. The Morgan fingerprint density at radius 1 is 1.25 bits per heavy atom. The zero-order valence-corrected chi connectivity index (χ0v) is 8.34. The molecule has 0 spiro atoms. The van der Waals surface area contributed by atoms with Gasteiger partial charge in [0.25, 0.3) is 0 Å². The first-order chi connectivity index (χ1) is 5.79. The predicted octanol–water partition coefficient (Wildman–Crippen LogP) is 3.94. The number of benzene rings is 1. The van der Waals surface area contributed by atoms with Crippen molar-refractivity contribution in [3.63, 3.8) is 0 Å². The van der Waals surface area contributed by atoms with E-state index >= 15 is 0 Å². The van der Waals surface area contributed by atoms with Gasteiger partial charge < -0.3 is 0 Å². The first-order valence-electron chi connectivity index (χ1n) is 3.76. The van der Waals surface area contributed by atoms with E-state index in [2.05, 4.69) is 24.4 Å². The molecule has 12 heavy (non-hydrogen) atoms. The number of fused-ring (bicyclic) bond motifs is 1. The van der Waals surface area contributed by atoms with E-state index in [1.807, 2.05) is 12.1 Å². The highest BCUT2D eigenvalue weighted by atomic mass is 32.1. The Morgan fingerprint density at radius 3 is 2.83 bits per heavy atom. The van der Waals surface area contributed by atoms with Crippen molar-refractivity contribution in [3.8, 4) is 0 Å². The van der Waals surface area contributed by atoms with Crippen LogP contribution in [0.4, 0.5) is 0 Å². The van der Waals surface area contributed by atoms with Gasteiger partial charge in [0, 0.05) is 10.1 Å². The van der Waals surface area contributed by atoms with Crippen LogP contribution in [0.1, 0.15) is 5.56 Å². The molecule has 0 aliphatic heterocycles. The van der Waals surface area contributed by atoms with Crippen LogP contribution in [0.5, 0.6) is 0 Å². The molecule has 0 fully saturated rings. The maximum absolute atomic E-state index is 5.30. The second-order valence-electron chi connectivity index (χ2n) is 2.74. The molecule has 2 heteroatoms. The highest BCUT2D eigenvalue weighted by molar-refractivity contribution is 7.71. The lowest BCUT2D eigenvalue weighted by Crippen LogP contribution is -1.74. The Morgan fingerprint density at radius 2 is 2.00 bits per heavy atom. The van der Waals surface area contributed by atoms with Gasteiger partial charge in [0.2, 0.25) is 0 Å². The number of hydrogen-bond donors (Lipinski definition) is 0. The molecule has 0 N–H and O–H groups in total. The molecule has 0 saturated carbocycles. The summed E-state index contributed by atoms with van der Waals surface area (Å²) in [5.74, 6) is 0. The number of aryl methyl sites for hydroxylation is 1. The molecule has 0 nitrogen and oxygen atoms in total. The van der Waals surface area contributed by atoms with Gasteiger partial charge in [-0.2, -0.15) is 0 Å². The van der Waals surface area contributed by atoms with Crippen LogP contribution < -0.4 is 0 Å². The highest BCUT2D eigenvalue weighted by Gasteiger charge is 1.95. The fourth-order valence-corrected chi connectivity index (χ4v) is 2.43. The summed E-state index contributed by atoms with van der Waals surface area (Å²) in [4.78, 5) is 0. The van der Waals surface area contributed by atoms with Crippen molar-refractivity contribution in [3.05, 3.63) is 39.7 Å². The third-order valence-electron chi connectivity index (χ3n) is 1.85. The zero-order valence-electron chi connectivity index (χ0n) is 6.70. The van der Waals surface area contributed by atoms with Crippen LogP contribution in [0.2, 0.25) is 0 Å². The first kappa shape index (κ1) is 7.90. The Bertz CT molecular complexity index is 468. The van der Waals surface area contributed by atoms with Crippen molar-refractivity contribution < 1.29 is 0 Å². The normalized spacial score (nSPS) is 10.4. The van der Waals surface area contributed by atoms with Gasteiger partial charge in [-0.25, -0.2) is 0 Å². The summed E-state index contributed by atoms with van der Waals surface area (Å²) in [7, 11) is 0. The predicted molar refractivity (Wildman–Crippen MR) is 57.4 cm³/mol. The van der Waals surface area contributed by atoms with Crippen LogP contribution in [0.3, 0.4) is 0 Å². The maximum atomic E-state index is 5.30. The quantitative estimate of drug-likeness (QED) is 0.570. The van der Waals surface area contributed by atoms with Crippen molar-refractivity contribution in [1.82, 2.24) is 0 Å². The lowest BCUT2D eigenvalue weighted by atomic mass is 10.2. The van der Waals surface area contributed by atoms with E-state index in [4.69, 9.17) is 12.2 Å². The standard InChI is InChI=1S/C10H8S2/c1-7-6-12-9-5-3-2-4-8(9)10(7)11/h2-6H,1H3. The van der Waals surface area contributed by atoms with Gasteiger partial charge in [-0.15, -0.1) is 11.3 Å². The Labute approximate surface area is 80.5 Å². The molecular formula is C10H8S2. The molecule has 0 amide bonds. The van der Waals surface area contributed by atoms with Crippen LogP contribution in [0.25, 0.3) is 10.1 Å². The van der Waals surface area contributed by atoms with E-state index in [-0.39, 0.29) is 0 Å². The minimum Gasteiger partial charge on any atom is -0.143 e. The van der Waals surface area contributed by atoms with Gasteiger partial charge in [-0.3, -0.25) is 0 Å². The Balaban J connectivity index is 3.01. The fraction of sp³-hybridized carbons (Fsp3) is 0.100.